The van der Waals surface area contributed by atoms with Crippen LogP contribution in [0.5, 0.6) is 0 Å². The predicted molar refractivity (Wildman–Crippen MR) is 72.7 cm³/mol. The van der Waals surface area contributed by atoms with E-state index >= 15 is 0 Å². The van der Waals surface area contributed by atoms with Crippen molar-refractivity contribution in [3.63, 3.8) is 0 Å². The Bertz CT molecular complexity index is 470. The summed E-state index contributed by atoms with van der Waals surface area (Å²) >= 11 is 5.06. The second-order valence-corrected chi connectivity index (χ2v) is 5.31. The molecule has 1 atom stereocenters. The molecule has 0 fully saturated rings. The molecule has 3 nitrogen and oxygen atoms in total. The lowest BCUT2D eigenvalue weighted by Crippen LogP contribution is -2.07. The summed E-state index contributed by atoms with van der Waals surface area (Å²) in [5, 5.41) is 6.37. The number of aromatic nitrogens is 1. The third-order valence-electron chi connectivity index (χ3n) is 2.21. The Balaban J connectivity index is 2.17. The van der Waals surface area contributed by atoms with Gasteiger partial charge in [0.05, 0.1) is 17.4 Å². The Kier molecular flexibility index (Phi) is 3.46. The number of thiazole rings is 1. The van der Waals surface area contributed by atoms with Crippen molar-refractivity contribution < 1.29 is 0 Å². The molecule has 1 unspecified atom stereocenters. The highest BCUT2D eigenvalue weighted by molar-refractivity contribution is 9.10. The number of nitrogen functional groups attached to an aromatic ring is 1. The summed E-state index contributed by atoms with van der Waals surface area (Å²) in [7, 11) is 0. The van der Waals surface area contributed by atoms with Crippen molar-refractivity contribution in [3.05, 3.63) is 39.3 Å². The Morgan fingerprint density at radius 3 is 3.00 bits per heavy atom. The van der Waals surface area contributed by atoms with E-state index in [0.717, 1.165) is 20.9 Å². The zero-order chi connectivity index (χ0) is 11.5. The van der Waals surface area contributed by atoms with Gasteiger partial charge in [-0.15, -0.1) is 11.3 Å². The lowest BCUT2D eigenvalue weighted by Gasteiger charge is -2.14. The van der Waals surface area contributed by atoms with Gasteiger partial charge in [-0.1, -0.05) is 15.9 Å². The Labute approximate surface area is 107 Å². The van der Waals surface area contributed by atoms with Crippen LogP contribution in [-0.2, 0) is 0 Å². The van der Waals surface area contributed by atoms with Gasteiger partial charge in [-0.05, 0) is 25.1 Å². The Morgan fingerprint density at radius 2 is 2.31 bits per heavy atom. The van der Waals surface area contributed by atoms with E-state index in [1.165, 1.54) is 0 Å². The average molecular weight is 298 g/mol. The van der Waals surface area contributed by atoms with E-state index < -0.39 is 0 Å². The molecule has 84 valence electrons. The van der Waals surface area contributed by atoms with Gasteiger partial charge >= 0.3 is 0 Å². The second-order valence-electron chi connectivity index (χ2n) is 3.47. The lowest BCUT2D eigenvalue weighted by atomic mass is 10.2. The number of hydrogen-bond donors (Lipinski definition) is 2. The summed E-state index contributed by atoms with van der Waals surface area (Å²) in [6.45, 7) is 2.07. The fourth-order valence-corrected chi connectivity index (χ4v) is 2.40. The van der Waals surface area contributed by atoms with Crippen LogP contribution in [0.25, 0.3) is 0 Å². The molecule has 2 rings (SSSR count). The van der Waals surface area contributed by atoms with Gasteiger partial charge in [-0.3, -0.25) is 0 Å². The molecule has 0 amide bonds. The highest BCUT2D eigenvalue weighted by atomic mass is 79.9. The fraction of sp³-hybridized carbons (Fsp3) is 0.182. The van der Waals surface area contributed by atoms with E-state index in [0.29, 0.717) is 0 Å². The van der Waals surface area contributed by atoms with Gasteiger partial charge in [-0.25, -0.2) is 4.98 Å². The molecule has 0 bridgehead atoms. The molecule has 0 aliphatic rings. The van der Waals surface area contributed by atoms with E-state index in [2.05, 4.69) is 33.2 Å². The topological polar surface area (TPSA) is 50.9 Å². The van der Waals surface area contributed by atoms with Crippen molar-refractivity contribution in [2.24, 2.45) is 0 Å². The molecule has 1 heterocycles. The number of nitrogens with two attached hydrogens (primary N) is 1. The Hall–Kier alpha value is -1.07. The molecular formula is C11H12BrN3S. The zero-order valence-corrected chi connectivity index (χ0v) is 11.2. The molecule has 0 radical (unpaired) electrons. The van der Waals surface area contributed by atoms with E-state index in [4.69, 9.17) is 5.73 Å². The van der Waals surface area contributed by atoms with Gasteiger partial charge < -0.3 is 11.1 Å². The van der Waals surface area contributed by atoms with Crippen LogP contribution in [-0.4, -0.2) is 4.98 Å². The molecule has 1 aromatic heterocycles. The van der Waals surface area contributed by atoms with Gasteiger partial charge in [0.15, 0.2) is 0 Å². The minimum atomic E-state index is 0.164. The van der Waals surface area contributed by atoms with Crippen LogP contribution in [0, 0.1) is 0 Å². The summed E-state index contributed by atoms with van der Waals surface area (Å²) in [6, 6.07) is 5.94. The molecule has 16 heavy (non-hydrogen) atoms. The van der Waals surface area contributed by atoms with Crippen LogP contribution >= 0.6 is 27.3 Å². The van der Waals surface area contributed by atoms with Crippen molar-refractivity contribution in [1.82, 2.24) is 4.98 Å². The second kappa shape index (κ2) is 4.84. The van der Waals surface area contributed by atoms with Gasteiger partial charge in [0, 0.05) is 16.0 Å². The smallest absolute Gasteiger partial charge is 0.115 e. The maximum Gasteiger partial charge on any atom is 0.115 e. The predicted octanol–water partition coefficient (Wildman–Crippen LogP) is 3.66. The van der Waals surface area contributed by atoms with Crippen LogP contribution in [0.3, 0.4) is 0 Å². The van der Waals surface area contributed by atoms with Gasteiger partial charge in [0.1, 0.15) is 5.01 Å². The molecule has 1 aromatic carbocycles. The van der Waals surface area contributed by atoms with E-state index in [1.807, 2.05) is 29.8 Å². The molecule has 0 aliphatic heterocycles. The number of nitrogens with zero attached hydrogens (tertiary/aromatic N) is 1. The van der Waals surface area contributed by atoms with Crippen molar-refractivity contribution in [2.75, 3.05) is 11.1 Å². The van der Waals surface area contributed by atoms with Crippen molar-refractivity contribution in [1.29, 1.82) is 0 Å². The number of nitrogens with one attached hydrogen (secondary N) is 1. The standard InChI is InChI=1S/C11H12BrN3S/c1-7(11-14-4-5-16-11)15-10-6-8(12)2-3-9(10)13/h2-7,15H,13H2,1H3. The normalized spacial score (nSPS) is 12.4. The van der Waals surface area contributed by atoms with E-state index in [1.54, 1.807) is 11.3 Å². The first kappa shape index (κ1) is 11.4. The van der Waals surface area contributed by atoms with Crippen molar-refractivity contribution in [3.8, 4) is 0 Å². The quantitative estimate of drug-likeness (QED) is 0.850. The monoisotopic (exact) mass is 297 g/mol. The van der Waals surface area contributed by atoms with E-state index in [-0.39, 0.29) is 6.04 Å². The molecule has 0 spiro atoms. The summed E-state index contributed by atoms with van der Waals surface area (Å²) in [5.74, 6) is 0. The Morgan fingerprint density at radius 1 is 1.50 bits per heavy atom. The van der Waals surface area contributed by atoms with Gasteiger partial charge in [0.2, 0.25) is 0 Å². The van der Waals surface area contributed by atoms with Gasteiger partial charge in [-0.2, -0.15) is 0 Å². The minimum absolute atomic E-state index is 0.164. The van der Waals surface area contributed by atoms with Crippen LogP contribution in [0.1, 0.15) is 18.0 Å². The number of anilines is 2. The number of hydrogen-bond acceptors (Lipinski definition) is 4. The summed E-state index contributed by atoms with van der Waals surface area (Å²) in [5.41, 5.74) is 7.56. The number of rotatable bonds is 3. The molecular weight excluding hydrogens is 286 g/mol. The molecule has 5 heteroatoms. The molecule has 0 saturated heterocycles. The molecule has 2 aromatic rings. The third kappa shape index (κ3) is 2.54. The first-order valence-electron chi connectivity index (χ1n) is 4.88. The molecule has 3 N–H and O–H groups in total. The average Bonchev–Trinajstić information content (AvgIpc) is 2.76. The highest BCUT2D eigenvalue weighted by Crippen LogP contribution is 2.27. The minimum Gasteiger partial charge on any atom is -0.397 e. The van der Waals surface area contributed by atoms with Crippen molar-refractivity contribution in [2.45, 2.75) is 13.0 Å². The van der Waals surface area contributed by atoms with E-state index in [9.17, 15) is 0 Å². The summed E-state index contributed by atoms with van der Waals surface area (Å²) in [4.78, 5) is 4.27. The van der Waals surface area contributed by atoms with Crippen LogP contribution < -0.4 is 11.1 Å². The van der Waals surface area contributed by atoms with Crippen LogP contribution in [0.4, 0.5) is 11.4 Å². The first-order valence-corrected chi connectivity index (χ1v) is 6.55. The van der Waals surface area contributed by atoms with Crippen LogP contribution in [0.15, 0.2) is 34.2 Å². The lowest BCUT2D eigenvalue weighted by molar-refractivity contribution is 0.870. The maximum absolute atomic E-state index is 5.89. The fourth-order valence-electron chi connectivity index (χ4n) is 1.40. The molecule has 0 saturated carbocycles. The van der Waals surface area contributed by atoms with Crippen LogP contribution in [0.2, 0.25) is 0 Å². The van der Waals surface area contributed by atoms with Crippen molar-refractivity contribution >= 4 is 38.6 Å². The number of halogens is 1. The summed E-state index contributed by atoms with van der Waals surface area (Å²) in [6.07, 6.45) is 1.81. The first-order chi connectivity index (χ1) is 7.66. The SMILES string of the molecule is CC(Nc1cc(Br)ccc1N)c1nccs1. The summed E-state index contributed by atoms with van der Waals surface area (Å²) < 4.78 is 1.01. The zero-order valence-electron chi connectivity index (χ0n) is 8.77. The highest BCUT2D eigenvalue weighted by Gasteiger charge is 2.09. The number of benzene rings is 1. The largest absolute Gasteiger partial charge is 0.397 e. The maximum atomic E-state index is 5.89. The molecule has 0 aliphatic carbocycles. The third-order valence-corrected chi connectivity index (χ3v) is 3.66. The van der Waals surface area contributed by atoms with Gasteiger partial charge in [0.25, 0.3) is 0 Å².